The first-order valence-electron chi connectivity index (χ1n) is 6.06. The predicted octanol–water partition coefficient (Wildman–Crippen LogP) is 2.95. The molecule has 0 fully saturated rings. The number of nitrogens with one attached hydrogen (secondary N) is 1. The van der Waals surface area contributed by atoms with Crippen LogP contribution in [-0.4, -0.2) is 24.7 Å². The monoisotopic (exact) mass is 253 g/mol. The van der Waals surface area contributed by atoms with Crippen LogP contribution in [0, 0.1) is 5.41 Å². The van der Waals surface area contributed by atoms with Gasteiger partial charge >= 0.3 is 0 Å². The summed E-state index contributed by atoms with van der Waals surface area (Å²) in [5.41, 5.74) is 1.82. The number of benzene rings is 2. The van der Waals surface area contributed by atoms with Crippen LogP contribution in [0.3, 0.4) is 0 Å². The first-order valence-corrected chi connectivity index (χ1v) is 6.06. The molecule has 0 aliphatic carbocycles. The van der Waals surface area contributed by atoms with Gasteiger partial charge in [0.25, 0.3) is 0 Å². The van der Waals surface area contributed by atoms with E-state index >= 15 is 0 Å². The summed E-state index contributed by atoms with van der Waals surface area (Å²) in [5.74, 6) is -0.0681. The number of carbonyl (C=O) groups excluding carboxylic acids is 1. The lowest BCUT2D eigenvalue weighted by molar-refractivity contribution is 0.0819. The molecular formula is C16H15NO2. The Balaban J connectivity index is 1.81. The summed E-state index contributed by atoms with van der Waals surface area (Å²) in [6, 6.07) is 18.4. The van der Waals surface area contributed by atoms with Gasteiger partial charge in [-0.3, -0.25) is 4.79 Å². The van der Waals surface area contributed by atoms with Crippen LogP contribution in [0.25, 0.3) is 0 Å². The zero-order chi connectivity index (χ0) is 13.5. The zero-order valence-electron chi connectivity index (χ0n) is 10.5. The molecule has 1 N–H and O–H groups in total. The summed E-state index contributed by atoms with van der Waals surface area (Å²) < 4.78 is 5.29. The predicted molar refractivity (Wildman–Crippen MR) is 74.9 cm³/mol. The lowest BCUT2D eigenvalue weighted by atomic mass is 10.1. The molecule has 0 saturated heterocycles. The fourth-order valence-corrected chi connectivity index (χ4v) is 1.68. The number of hydrogen-bond acceptors (Lipinski definition) is 3. The van der Waals surface area contributed by atoms with Crippen molar-refractivity contribution in [3.05, 3.63) is 71.8 Å². The average Bonchev–Trinajstić information content (AvgIpc) is 2.49. The van der Waals surface area contributed by atoms with Crippen molar-refractivity contribution in [2.24, 2.45) is 0 Å². The van der Waals surface area contributed by atoms with E-state index in [9.17, 15) is 4.79 Å². The highest BCUT2D eigenvalue weighted by molar-refractivity contribution is 6.00. The van der Waals surface area contributed by atoms with Crippen molar-refractivity contribution in [2.45, 2.75) is 0 Å². The summed E-state index contributed by atoms with van der Waals surface area (Å²) in [6.45, 7) is 0.141. The highest BCUT2D eigenvalue weighted by atomic mass is 16.5. The van der Waals surface area contributed by atoms with Crippen molar-refractivity contribution in [2.75, 3.05) is 13.2 Å². The molecule has 0 aromatic heterocycles. The van der Waals surface area contributed by atoms with Crippen molar-refractivity contribution in [3.63, 3.8) is 0 Å². The standard InChI is InChI=1S/C16H15NO2/c17-15(13-7-3-1-4-8-13)11-19-12-16(18)14-9-5-2-6-10-14/h1-10,17H,11-12H2. The Morgan fingerprint density at radius 3 is 1.95 bits per heavy atom. The average molecular weight is 253 g/mol. The fourth-order valence-electron chi connectivity index (χ4n) is 1.68. The summed E-state index contributed by atoms with van der Waals surface area (Å²) in [4.78, 5) is 11.8. The van der Waals surface area contributed by atoms with Gasteiger partial charge in [0.1, 0.15) is 6.61 Å². The van der Waals surface area contributed by atoms with Gasteiger partial charge in [-0.15, -0.1) is 0 Å². The van der Waals surface area contributed by atoms with Crippen molar-refractivity contribution < 1.29 is 9.53 Å². The third-order valence-electron chi connectivity index (χ3n) is 2.70. The Hall–Kier alpha value is -2.26. The maximum atomic E-state index is 11.8. The number of ketones is 1. The minimum atomic E-state index is -0.0681. The Bertz CT molecular complexity index is 498. The summed E-state index contributed by atoms with van der Waals surface area (Å²) in [7, 11) is 0. The lowest BCUT2D eigenvalue weighted by Crippen LogP contribution is -2.15. The smallest absolute Gasteiger partial charge is 0.188 e. The second-order valence-corrected chi connectivity index (χ2v) is 4.13. The molecule has 2 aromatic carbocycles. The third-order valence-corrected chi connectivity index (χ3v) is 2.70. The number of carbonyl (C=O) groups is 1. The van der Waals surface area contributed by atoms with Gasteiger partial charge in [0.2, 0.25) is 0 Å². The quantitative estimate of drug-likeness (QED) is 0.635. The van der Waals surface area contributed by atoms with Crippen molar-refractivity contribution >= 4 is 11.5 Å². The highest BCUT2D eigenvalue weighted by Gasteiger charge is 2.06. The molecule has 0 heterocycles. The largest absolute Gasteiger partial charge is 0.367 e. The van der Waals surface area contributed by atoms with Gasteiger partial charge < -0.3 is 10.1 Å². The maximum Gasteiger partial charge on any atom is 0.188 e. The van der Waals surface area contributed by atoms with E-state index in [1.165, 1.54) is 0 Å². The molecular weight excluding hydrogens is 238 g/mol. The van der Waals surface area contributed by atoms with Gasteiger partial charge in [-0.2, -0.15) is 0 Å². The van der Waals surface area contributed by atoms with E-state index in [0.717, 1.165) is 5.56 Å². The lowest BCUT2D eigenvalue weighted by Gasteiger charge is -2.05. The Labute approximate surface area is 112 Å². The minimum Gasteiger partial charge on any atom is -0.367 e. The van der Waals surface area contributed by atoms with Crippen LogP contribution < -0.4 is 0 Å². The normalized spacial score (nSPS) is 10.1. The molecule has 19 heavy (non-hydrogen) atoms. The van der Waals surface area contributed by atoms with E-state index in [4.69, 9.17) is 10.1 Å². The molecule has 0 atom stereocenters. The van der Waals surface area contributed by atoms with Crippen LogP contribution in [0.2, 0.25) is 0 Å². The first-order chi connectivity index (χ1) is 9.27. The molecule has 2 aromatic rings. The highest BCUT2D eigenvalue weighted by Crippen LogP contribution is 2.02. The van der Waals surface area contributed by atoms with Crippen molar-refractivity contribution in [1.82, 2.24) is 0 Å². The van der Waals surface area contributed by atoms with E-state index in [1.807, 2.05) is 48.5 Å². The van der Waals surface area contributed by atoms with Crippen LogP contribution in [0.4, 0.5) is 0 Å². The molecule has 0 spiro atoms. The molecule has 0 saturated carbocycles. The second kappa shape index (κ2) is 6.61. The van der Waals surface area contributed by atoms with Gasteiger partial charge in [-0.05, 0) is 5.56 Å². The van der Waals surface area contributed by atoms with E-state index in [1.54, 1.807) is 12.1 Å². The van der Waals surface area contributed by atoms with E-state index < -0.39 is 0 Å². The molecule has 3 nitrogen and oxygen atoms in total. The Morgan fingerprint density at radius 2 is 1.37 bits per heavy atom. The summed E-state index contributed by atoms with van der Waals surface area (Å²) >= 11 is 0. The van der Waals surface area contributed by atoms with Crippen LogP contribution in [0.5, 0.6) is 0 Å². The molecule has 96 valence electrons. The van der Waals surface area contributed by atoms with Crippen LogP contribution >= 0.6 is 0 Å². The van der Waals surface area contributed by atoms with Crippen LogP contribution in [0.1, 0.15) is 15.9 Å². The molecule has 0 radical (unpaired) electrons. The molecule has 0 amide bonds. The number of rotatable bonds is 6. The van der Waals surface area contributed by atoms with Gasteiger partial charge in [-0.1, -0.05) is 60.7 Å². The van der Waals surface area contributed by atoms with Gasteiger partial charge in [-0.25, -0.2) is 0 Å². The number of hydrogen-bond donors (Lipinski definition) is 1. The van der Waals surface area contributed by atoms with E-state index in [0.29, 0.717) is 11.3 Å². The topological polar surface area (TPSA) is 50.1 Å². The Morgan fingerprint density at radius 1 is 0.842 bits per heavy atom. The SMILES string of the molecule is N=C(COCC(=O)c1ccccc1)c1ccccc1. The minimum absolute atomic E-state index is 0.000767. The second-order valence-electron chi connectivity index (χ2n) is 4.13. The van der Waals surface area contributed by atoms with Crippen molar-refractivity contribution in [3.8, 4) is 0 Å². The van der Waals surface area contributed by atoms with Gasteiger partial charge in [0.05, 0.1) is 12.3 Å². The van der Waals surface area contributed by atoms with Gasteiger partial charge in [0.15, 0.2) is 5.78 Å². The number of Topliss-reactive ketones (excluding diaryl/α,β-unsaturated/α-hetero) is 1. The zero-order valence-corrected chi connectivity index (χ0v) is 10.5. The maximum absolute atomic E-state index is 11.8. The number of ether oxygens (including phenoxy) is 1. The molecule has 0 aliphatic rings. The molecule has 0 bridgehead atoms. The van der Waals surface area contributed by atoms with Crippen molar-refractivity contribution in [1.29, 1.82) is 5.41 Å². The molecule has 2 rings (SSSR count). The van der Waals surface area contributed by atoms with Gasteiger partial charge in [0, 0.05) is 5.56 Å². The molecule has 0 aliphatic heterocycles. The van der Waals surface area contributed by atoms with E-state index in [2.05, 4.69) is 0 Å². The summed E-state index contributed by atoms with van der Waals surface area (Å²) in [5, 5.41) is 7.84. The Kier molecular flexibility index (Phi) is 4.59. The first kappa shape index (κ1) is 13.2. The fraction of sp³-hybridized carbons (Fsp3) is 0.125. The summed E-state index contributed by atoms with van der Waals surface area (Å²) in [6.07, 6.45) is 0. The van der Waals surface area contributed by atoms with Crippen LogP contribution in [-0.2, 0) is 4.74 Å². The molecule has 0 unspecified atom stereocenters. The van der Waals surface area contributed by atoms with E-state index in [-0.39, 0.29) is 19.0 Å². The van der Waals surface area contributed by atoms with Crippen LogP contribution in [0.15, 0.2) is 60.7 Å². The molecule has 3 heteroatoms. The third kappa shape index (κ3) is 3.86.